The lowest BCUT2D eigenvalue weighted by atomic mass is 10.2. The summed E-state index contributed by atoms with van der Waals surface area (Å²) in [5.41, 5.74) is -0.0435. The van der Waals surface area contributed by atoms with Crippen LogP contribution in [0.5, 0.6) is 0 Å². The minimum Gasteiger partial charge on any atom is -0.461 e. The Labute approximate surface area is 143 Å². The zero-order chi connectivity index (χ0) is 18.0. The number of non-ortho nitro benzene ring substituents is 1. The van der Waals surface area contributed by atoms with Crippen LogP contribution in [0.15, 0.2) is 46.4 Å². The molecule has 0 spiro atoms. The average molecular weight is 337 g/mol. The largest absolute Gasteiger partial charge is 0.461 e. The highest BCUT2D eigenvalue weighted by Crippen LogP contribution is 2.47. The van der Waals surface area contributed by atoms with Crippen molar-refractivity contribution in [3.63, 3.8) is 0 Å². The number of nitro benzene ring substituents is 1. The molecule has 126 valence electrons. The van der Waals surface area contributed by atoms with Gasteiger partial charge in [-0.05, 0) is 30.5 Å². The molecular formula is C18H15N3O4. The molecule has 3 rings (SSSR count). The Balaban J connectivity index is 1.75. The Kier molecular flexibility index (Phi) is 4.35. The topological polar surface area (TPSA) is 109 Å². The number of carbonyl (C=O) groups is 1. The number of nitrogens with zero attached hydrogens (tertiary/aromatic N) is 2. The van der Waals surface area contributed by atoms with Crippen molar-refractivity contribution in [3.8, 4) is 6.07 Å². The molecule has 0 unspecified atom stereocenters. The number of rotatable bonds is 5. The summed E-state index contributed by atoms with van der Waals surface area (Å²) in [6.07, 6.45) is 2.44. The average Bonchev–Trinajstić information content (AvgIpc) is 3.14. The molecule has 1 N–H and O–H groups in total. The van der Waals surface area contributed by atoms with E-state index in [1.807, 2.05) is 12.1 Å². The summed E-state index contributed by atoms with van der Waals surface area (Å²) in [4.78, 5) is 22.4. The first-order chi connectivity index (χ1) is 12.0. The molecule has 1 aliphatic rings. The summed E-state index contributed by atoms with van der Waals surface area (Å²) >= 11 is 0. The molecule has 7 heteroatoms. The molecule has 1 aromatic heterocycles. The van der Waals surface area contributed by atoms with Crippen LogP contribution in [0.3, 0.4) is 0 Å². The minimum absolute atomic E-state index is 0.142. The second-order valence-corrected chi connectivity index (χ2v) is 5.99. The summed E-state index contributed by atoms with van der Waals surface area (Å²) in [6.45, 7) is 2.13. The lowest BCUT2D eigenvalue weighted by Gasteiger charge is -2.03. The van der Waals surface area contributed by atoms with Gasteiger partial charge in [-0.3, -0.25) is 14.9 Å². The number of furan rings is 1. The van der Waals surface area contributed by atoms with Crippen LogP contribution in [0.4, 0.5) is 11.4 Å². The van der Waals surface area contributed by atoms with Gasteiger partial charge in [0.2, 0.25) is 0 Å². The summed E-state index contributed by atoms with van der Waals surface area (Å²) in [6, 6.07) is 10.9. The first kappa shape index (κ1) is 16.5. The number of hydrogen-bond donors (Lipinski definition) is 1. The van der Waals surface area contributed by atoms with E-state index in [0.717, 1.165) is 12.2 Å². The second-order valence-electron chi connectivity index (χ2n) is 5.99. The maximum absolute atomic E-state index is 12.2. The highest BCUT2D eigenvalue weighted by atomic mass is 16.6. The predicted molar refractivity (Wildman–Crippen MR) is 90.5 cm³/mol. The number of amides is 1. The van der Waals surface area contributed by atoms with E-state index < -0.39 is 10.8 Å². The van der Waals surface area contributed by atoms with Crippen molar-refractivity contribution < 1.29 is 14.1 Å². The fourth-order valence-electron chi connectivity index (χ4n) is 2.55. The third-order valence-corrected chi connectivity index (χ3v) is 4.09. The molecule has 1 aliphatic carbocycles. The molecule has 2 atom stereocenters. The van der Waals surface area contributed by atoms with Gasteiger partial charge in [0, 0.05) is 29.8 Å². The minimum atomic E-state index is -0.652. The van der Waals surface area contributed by atoms with Crippen molar-refractivity contribution in [1.82, 2.24) is 0 Å². The van der Waals surface area contributed by atoms with Crippen molar-refractivity contribution >= 4 is 23.4 Å². The Morgan fingerprint density at radius 3 is 2.84 bits per heavy atom. The van der Waals surface area contributed by atoms with Gasteiger partial charge in [0.25, 0.3) is 11.6 Å². The molecule has 1 heterocycles. The zero-order valence-corrected chi connectivity index (χ0v) is 13.4. The van der Waals surface area contributed by atoms with E-state index in [9.17, 15) is 20.2 Å². The highest BCUT2D eigenvalue weighted by Gasteiger charge is 2.36. The van der Waals surface area contributed by atoms with Crippen LogP contribution < -0.4 is 5.32 Å². The Hall–Kier alpha value is -3.40. The number of hydrogen-bond acceptors (Lipinski definition) is 5. The van der Waals surface area contributed by atoms with Gasteiger partial charge in [0.15, 0.2) is 0 Å². The number of nitrogens with one attached hydrogen (secondary N) is 1. The van der Waals surface area contributed by atoms with Gasteiger partial charge in [0.1, 0.15) is 23.2 Å². The number of anilines is 1. The molecule has 7 nitrogen and oxygen atoms in total. The van der Waals surface area contributed by atoms with Crippen molar-refractivity contribution in [2.75, 3.05) is 5.32 Å². The van der Waals surface area contributed by atoms with Crippen LogP contribution in [0.2, 0.25) is 0 Å². The van der Waals surface area contributed by atoms with Gasteiger partial charge >= 0.3 is 0 Å². The molecule has 0 bridgehead atoms. The maximum Gasteiger partial charge on any atom is 0.271 e. The van der Waals surface area contributed by atoms with Crippen molar-refractivity contribution in [2.45, 2.75) is 19.3 Å². The number of carbonyl (C=O) groups excluding carboxylic acids is 1. The van der Waals surface area contributed by atoms with Gasteiger partial charge in [-0.15, -0.1) is 0 Å². The molecule has 1 amide bonds. The Bertz CT molecular complexity index is 907. The summed E-state index contributed by atoms with van der Waals surface area (Å²) in [7, 11) is 0. The van der Waals surface area contributed by atoms with Gasteiger partial charge in [0.05, 0.1) is 4.92 Å². The third-order valence-electron chi connectivity index (χ3n) is 4.09. The smallest absolute Gasteiger partial charge is 0.271 e. The number of benzene rings is 1. The molecular weight excluding hydrogens is 322 g/mol. The van der Waals surface area contributed by atoms with Crippen LogP contribution in [0, 0.1) is 27.4 Å². The van der Waals surface area contributed by atoms with Crippen LogP contribution in [-0.2, 0) is 4.79 Å². The molecule has 0 radical (unpaired) electrons. The number of nitriles is 1. The molecule has 1 fully saturated rings. The number of nitro groups is 1. The lowest BCUT2D eigenvalue weighted by Crippen LogP contribution is -2.13. The van der Waals surface area contributed by atoms with Crippen LogP contribution >= 0.6 is 0 Å². The van der Waals surface area contributed by atoms with Gasteiger partial charge < -0.3 is 9.73 Å². The van der Waals surface area contributed by atoms with E-state index in [1.54, 1.807) is 6.07 Å². The lowest BCUT2D eigenvalue weighted by molar-refractivity contribution is -0.384. The molecule has 2 aromatic rings. The molecule has 0 saturated heterocycles. The summed E-state index contributed by atoms with van der Waals surface area (Å²) in [5, 5.41) is 22.5. The highest BCUT2D eigenvalue weighted by molar-refractivity contribution is 6.09. The van der Waals surface area contributed by atoms with Crippen LogP contribution in [-0.4, -0.2) is 10.8 Å². The summed E-state index contributed by atoms with van der Waals surface area (Å²) in [5.74, 6) is 1.64. The van der Waals surface area contributed by atoms with E-state index in [-0.39, 0.29) is 16.9 Å². The third kappa shape index (κ3) is 3.75. The van der Waals surface area contributed by atoms with Crippen molar-refractivity contribution in [3.05, 3.63) is 63.6 Å². The van der Waals surface area contributed by atoms with Gasteiger partial charge in [-0.1, -0.05) is 13.0 Å². The van der Waals surface area contributed by atoms with E-state index in [0.29, 0.717) is 17.6 Å². The van der Waals surface area contributed by atoms with Crippen molar-refractivity contribution in [2.24, 2.45) is 5.92 Å². The fourth-order valence-corrected chi connectivity index (χ4v) is 2.55. The van der Waals surface area contributed by atoms with E-state index >= 15 is 0 Å². The normalized spacial score (nSPS) is 19.1. The monoisotopic (exact) mass is 337 g/mol. The standard InChI is InChI=1S/C18H15N3O4/c1-11-7-16(11)17-6-5-15(25-17)8-12(10-19)18(22)20-13-3-2-4-14(9-13)21(23)24/h2-6,8-9,11,16H,7H2,1H3,(H,20,22)/b12-8+/t11-,16-/m0/s1. The SMILES string of the molecule is C[C@H]1C[C@@H]1c1ccc(/C=C(\C#N)C(=O)Nc2cccc([N+](=O)[O-])c2)o1. The Morgan fingerprint density at radius 1 is 1.44 bits per heavy atom. The molecule has 1 aromatic carbocycles. The molecule has 0 aliphatic heterocycles. The van der Waals surface area contributed by atoms with Gasteiger partial charge in [-0.25, -0.2) is 0 Å². The summed E-state index contributed by atoms with van der Waals surface area (Å²) < 4.78 is 5.66. The first-order valence-corrected chi connectivity index (χ1v) is 7.75. The zero-order valence-electron chi connectivity index (χ0n) is 13.4. The van der Waals surface area contributed by atoms with Crippen LogP contribution in [0.1, 0.15) is 30.8 Å². The first-order valence-electron chi connectivity index (χ1n) is 7.75. The predicted octanol–water partition coefficient (Wildman–Crippen LogP) is 3.86. The molecule has 25 heavy (non-hydrogen) atoms. The van der Waals surface area contributed by atoms with Crippen molar-refractivity contribution in [1.29, 1.82) is 5.26 Å². The maximum atomic E-state index is 12.2. The van der Waals surface area contributed by atoms with E-state index in [4.69, 9.17) is 4.42 Å². The Morgan fingerprint density at radius 2 is 2.20 bits per heavy atom. The van der Waals surface area contributed by atoms with Crippen LogP contribution in [0.25, 0.3) is 6.08 Å². The fraction of sp³-hybridized carbons (Fsp3) is 0.222. The quantitative estimate of drug-likeness (QED) is 0.385. The van der Waals surface area contributed by atoms with E-state index in [1.165, 1.54) is 30.3 Å². The van der Waals surface area contributed by atoms with E-state index in [2.05, 4.69) is 12.2 Å². The second kappa shape index (κ2) is 6.61. The molecule has 1 saturated carbocycles. The van der Waals surface area contributed by atoms with Gasteiger partial charge in [-0.2, -0.15) is 5.26 Å².